The topological polar surface area (TPSA) is 91.6 Å². The fourth-order valence-corrected chi connectivity index (χ4v) is 4.12. The lowest BCUT2D eigenvalue weighted by molar-refractivity contribution is -0.136. The van der Waals surface area contributed by atoms with Gasteiger partial charge in [0.05, 0.1) is 23.2 Å². The quantitative estimate of drug-likeness (QED) is 0.235. The number of carboxylic acid groups (broad SMARTS) is 1. The number of carbonyl (C=O) groups is 1. The highest BCUT2D eigenvalue weighted by molar-refractivity contribution is 6.34. The summed E-state index contributed by atoms with van der Waals surface area (Å²) in [7, 11) is 0. The number of nitrogens with zero attached hydrogens (tertiary/aromatic N) is 1. The largest absolute Gasteiger partial charge is 0.489 e. The first-order valence-corrected chi connectivity index (χ1v) is 12.1. The van der Waals surface area contributed by atoms with Crippen LogP contribution in [0.1, 0.15) is 22.3 Å². The second kappa shape index (κ2) is 12.7. The number of benzene rings is 4. The fourth-order valence-electron chi connectivity index (χ4n) is 3.84. The van der Waals surface area contributed by atoms with Gasteiger partial charge in [-0.25, -0.2) is 4.39 Å². The molecule has 0 fully saturated rings. The molecule has 0 heterocycles. The van der Waals surface area contributed by atoms with Crippen LogP contribution in [-0.2, 0) is 24.6 Å². The summed E-state index contributed by atoms with van der Waals surface area (Å²) < 4.78 is 26.4. The zero-order valence-electron chi connectivity index (χ0n) is 20.3. The van der Waals surface area contributed by atoms with E-state index in [1.807, 2.05) is 12.1 Å². The monoisotopic (exact) mass is 530 g/mol. The number of carboxylic acids is 1. The van der Waals surface area contributed by atoms with Gasteiger partial charge in [-0.15, -0.1) is 0 Å². The van der Waals surface area contributed by atoms with E-state index in [2.05, 4.69) is 11.4 Å². The normalized spacial score (nSPS) is 10.6. The molecular formula is C30H24ClFN2O4. The van der Waals surface area contributed by atoms with Crippen molar-refractivity contribution in [1.82, 2.24) is 5.32 Å². The van der Waals surface area contributed by atoms with E-state index < -0.39 is 5.97 Å². The van der Waals surface area contributed by atoms with Gasteiger partial charge in [-0.3, -0.25) is 4.79 Å². The highest BCUT2D eigenvalue weighted by atomic mass is 35.5. The number of hydrogen-bond acceptors (Lipinski definition) is 5. The van der Waals surface area contributed by atoms with Crippen LogP contribution in [-0.4, -0.2) is 17.6 Å². The number of aliphatic carboxylic acids is 1. The number of ether oxygens (including phenoxy) is 2. The van der Waals surface area contributed by atoms with Gasteiger partial charge in [-0.2, -0.15) is 5.26 Å². The summed E-state index contributed by atoms with van der Waals surface area (Å²) in [6, 6.07) is 26.3. The van der Waals surface area contributed by atoms with E-state index in [0.717, 1.165) is 11.1 Å². The zero-order chi connectivity index (χ0) is 26.9. The van der Waals surface area contributed by atoms with E-state index in [1.54, 1.807) is 66.7 Å². The van der Waals surface area contributed by atoms with Crippen LogP contribution in [0.3, 0.4) is 0 Å². The van der Waals surface area contributed by atoms with Gasteiger partial charge < -0.3 is 19.9 Å². The Kier molecular flexibility index (Phi) is 8.94. The van der Waals surface area contributed by atoms with Gasteiger partial charge in [-0.1, -0.05) is 66.2 Å². The molecule has 0 aliphatic heterocycles. The molecule has 0 spiro atoms. The molecule has 4 aromatic rings. The molecular weight excluding hydrogens is 507 g/mol. The first-order valence-electron chi connectivity index (χ1n) is 11.8. The minimum atomic E-state index is -0.963. The summed E-state index contributed by atoms with van der Waals surface area (Å²) in [6.07, 6.45) is 0. The van der Waals surface area contributed by atoms with Crippen LogP contribution in [0, 0.1) is 17.1 Å². The molecule has 2 N–H and O–H groups in total. The predicted molar refractivity (Wildman–Crippen MR) is 142 cm³/mol. The zero-order valence-corrected chi connectivity index (χ0v) is 21.0. The minimum Gasteiger partial charge on any atom is -0.489 e. The summed E-state index contributed by atoms with van der Waals surface area (Å²) in [4.78, 5) is 10.9. The van der Waals surface area contributed by atoms with Gasteiger partial charge in [0.25, 0.3) is 0 Å². The third-order valence-electron chi connectivity index (χ3n) is 5.72. The maximum Gasteiger partial charge on any atom is 0.317 e. The molecule has 4 aromatic carbocycles. The number of hydrogen-bond donors (Lipinski definition) is 2. The van der Waals surface area contributed by atoms with Crippen molar-refractivity contribution in [1.29, 1.82) is 5.26 Å². The lowest BCUT2D eigenvalue weighted by atomic mass is 10.0. The second-order valence-electron chi connectivity index (χ2n) is 8.41. The molecule has 0 saturated carbocycles. The summed E-state index contributed by atoms with van der Waals surface area (Å²) in [5, 5.41) is 21.4. The Hall–Kier alpha value is -4.38. The maximum atomic E-state index is 14.3. The van der Waals surface area contributed by atoms with Crippen molar-refractivity contribution in [2.75, 3.05) is 6.54 Å². The van der Waals surface area contributed by atoms with Crippen LogP contribution in [0.4, 0.5) is 4.39 Å². The van der Waals surface area contributed by atoms with Crippen LogP contribution in [0.15, 0.2) is 84.9 Å². The SMILES string of the molecule is N#Cc1cccc(COc2cc(OCc3cccc(-c4ccccc4F)c3Cl)ccc2CNCC(=O)O)c1. The third-order valence-corrected chi connectivity index (χ3v) is 6.16. The number of rotatable bonds is 11. The van der Waals surface area contributed by atoms with Crippen molar-refractivity contribution in [2.45, 2.75) is 19.8 Å². The van der Waals surface area contributed by atoms with E-state index >= 15 is 0 Å². The Morgan fingerprint density at radius 3 is 2.50 bits per heavy atom. The van der Waals surface area contributed by atoms with E-state index in [0.29, 0.717) is 38.8 Å². The molecule has 4 rings (SSSR count). The molecule has 0 aliphatic carbocycles. The number of nitriles is 1. The smallest absolute Gasteiger partial charge is 0.317 e. The molecule has 0 aromatic heterocycles. The van der Waals surface area contributed by atoms with Gasteiger partial charge in [0.15, 0.2) is 0 Å². The molecule has 8 heteroatoms. The van der Waals surface area contributed by atoms with Gasteiger partial charge in [0, 0.05) is 34.9 Å². The predicted octanol–water partition coefficient (Wildman–Crippen LogP) is 6.35. The van der Waals surface area contributed by atoms with E-state index in [1.165, 1.54) is 6.07 Å². The highest BCUT2D eigenvalue weighted by Crippen LogP contribution is 2.33. The Balaban J connectivity index is 1.52. The molecule has 0 saturated heterocycles. The number of nitrogens with one attached hydrogen (secondary N) is 1. The molecule has 0 bridgehead atoms. The van der Waals surface area contributed by atoms with Crippen molar-refractivity contribution in [2.24, 2.45) is 0 Å². The summed E-state index contributed by atoms with van der Waals surface area (Å²) >= 11 is 6.61. The second-order valence-corrected chi connectivity index (χ2v) is 8.79. The molecule has 0 amide bonds. The third kappa shape index (κ3) is 6.88. The summed E-state index contributed by atoms with van der Waals surface area (Å²) in [5.74, 6) is -0.300. The molecule has 6 nitrogen and oxygen atoms in total. The lowest BCUT2D eigenvalue weighted by Crippen LogP contribution is -2.22. The van der Waals surface area contributed by atoms with Crippen LogP contribution in [0.25, 0.3) is 11.1 Å². The van der Waals surface area contributed by atoms with Crippen molar-refractivity contribution in [3.63, 3.8) is 0 Å². The molecule has 0 radical (unpaired) electrons. The summed E-state index contributed by atoms with van der Waals surface area (Å²) in [6.45, 7) is 0.429. The van der Waals surface area contributed by atoms with Crippen molar-refractivity contribution < 1.29 is 23.8 Å². The molecule has 0 unspecified atom stereocenters. The van der Waals surface area contributed by atoms with Gasteiger partial charge in [-0.05, 0) is 29.8 Å². The van der Waals surface area contributed by atoms with Crippen molar-refractivity contribution in [3.05, 3.63) is 118 Å². The average Bonchev–Trinajstić information content (AvgIpc) is 2.92. The van der Waals surface area contributed by atoms with E-state index in [9.17, 15) is 9.18 Å². The number of halogens is 2. The van der Waals surface area contributed by atoms with Crippen molar-refractivity contribution in [3.8, 4) is 28.7 Å². The van der Waals surface area contributed by atoms with E-state index in [-0.39, 0.29) is 32.1 Å². The van der Waals surface area contributed by atoms with E-state index in [4.69, 9.17) is 31.4 Å². The Morgan fingerprint density at radius 1 is 0.921 bits per heavy atom. The lowest BCUT2D eigenvalue weighted by Gasteiger charge is -2.15. The molecule has 38 heavy (non-hydrogen) atoms. The van der Waals surface area contributed by atoms with Crippen LogP contribution >= 0.6 is 11.6 Å². The van der Waals surface area contributed by atoms with Gasteiger partial charge in [0.1, 0.15) is 30.5 Å². The molecule has 0 aliphatic rings. The first kappa shape index (κ1) is 26.7. The van der Waals surface area contributed by atoms with Gasteiger partial charge >= 0.3 is 5.97 Å². The Bertz CT molecular complexity index is 1490. The highest BCUT2D eigenvalue weighted by Gasteiger charge is 2.13. The van der Waals surface area contributed by atoms with Crippen LogP contribution in [0.2, 0.25) is 5.02 Å². The minimum absolute atomic E-state index is 0.140. The fraction of sp³-hybridized carbons (Fsp3) is 0.133. The Labute approximate surface area is 224 Å². The standard InChI is InChI=1S/C30H24ClFN2O4/c31-30-23(7-4-9-26(30)25-8-1-2-10-27(25)32)19-37-24-12-11-22(16-34-17-29(35)36)28(14-24)38-18-21-6-3-5-20(13-21)15-33/h1-14,34H,16-19H2,(H,35,36). The van der Waals surface area contributed by atoms with Gasteiger partial charge in [0.2, 0.25) is 0 Å². The van der Waals surface area contributed by atoms with Crippen molar-refractivity contribution >= 4 is 17.6 Å². The average molecular weight is 531 g/mol. The molecule has 0 atom stereocenters. The van der Waals surface area contributed by atoms with Crippen LogP contribution in [0.5, 0.6) is 11.5 Å². The van der Waals surface area contributed by atoms with Crippen LogP contribution < -0.4 is 14.8 Å². The maximum absolute atomic E-state index is 14.3. The Morgan fingerprint density at radius 2 is 1.71 bits per heavy atom. The summed E-state index contributed by atoms with van der Waals surface area (Å²) in [5.41, 5.74) is 3.77. The first-order chi connectivity index (χ1) is 18.4. The molecule has 192 valence electrons.